The zero-order chi connectivity index (χ0) is 17.9. The largest absolute Gasteiger partial charge is 0.301 e. The fourth-order valence-electron chi connectivity index (χ4n) is 2.23. The highest BCUT2D eigenvalue weighted by atomic mass is 32.2. The fraction of sp³-hybridized carbons (Fsp3) is 0.400. The smallest absolute Gasteiger partial charge is 0.270 e. The van der Waals surface area contributed by atoms with E-state index in [-0.39, 0.29) is 21.8 Å². The highest BCUT2D eigenvalue weighted by molar-refractivity contribution is 7.91. The summed E-state index contributed by atoms with van der Waals surface area (Å²) in [5.41, 5.74) is 3.03. The Labute approximate surface area is 145 Å². The van der Waals surface area contributed by atoms with Crippen LogP contribution in [0.4, 0.5) is 5.13 Å². The van der Waals surface area contributed by atoms with Crippen LogP contribution in [0.5, 0.6) is 0 Å². The van der Waals surface area contributed by atoms with E-state index >= 15 is 0 Å². The number of sulfonamides is 1. The van der Waals surface area contributed by atoms with Crippen molar-refractivity contribution in [3.63, 3.8) is 0 Å². The van der Waals surface area contributed by atoms with Crippen LogP contribution in [0, 0.1) is 13.8 Å². The van der Waals surface area contributed by atoms with Crippen LogP contribution in [0.2, 0.25) is 0 Å². The summed E-state index contributed by atoms with van der Waals surface area (Å²) in [5, 5.41) is 10.0. The standard InChI is InChI=1S/C15H20N4O3S2/c1-5-13(20)16-14-17-18-15(23-14)24(21,22)19-11(4)12-7-6-9(2)8-10(12)3/h6-8,11,19H,5H2,1-4H3,(H,16,17,20)/t11-/m0/s1. The Morgan fingerprint density at radius 3 is 2.62 bits per heavy atom. The van der Waals surface area contributed by atoms with E-state index < -0.39 is 16.1 Å². The summed E-state index contributed by atoms with van der Waals surface area (Å²) in [4.78, 5) is 11.3. The van der Waals surface area contributed by atoms with E-state index in [9.17, 15) is 13.2 Å². The number of benzene rings is 1. The Morgan fingerprint density at radius 2 is 2.00 bits per heavy atom. The zero-order valence-corrected chi connectivity index (χ0v) is 15.6. The van der Waals surface area contributed by atoms with Crippen LogP contribution in [0.1, 0.15) is 43.0 Å². The third-order valence-corrected chi connectivity index (χ3v) is 6.17. The lowest BCUT2D eigenvalue weighted by atomic mass is 10.0. The summed E-state index contributed by atoms with van der Waals surface area (Å²) in [7, 11) is -3.81. The summed E-state index contributed by atoms with van der Waals surface area (Å²) < 4.78 is 27.3. The van der Waals surface area contributed by atoms with Crippen molar-refractivity contribution in [1.82, 2.24) is 14.9 Å². The van der Waals surface area contributed by atoms with Crippen LogP contribution in [-0.2, 0) is 14.8 Å². The zero-order valence-electron chi connectivity index (χ0n) is 14.0. The van der Waals surface area contributed by atoms with Gasteiger partial charge < -0.3 is 5.32 Å². The molecule has 0 aliphatic heterocycles. The van der Waals surface area contributed by atoms with Gasteiger partial charge in [0, 0.05) is 12.5 Å². The normalized spacial score (nSPS) is 12.8. The van der Waals surface area contributed by atoms with E-state index in [0.717, 1.165) is 28.0 Å². The van der Waals surface area contributed by atoms with Crippen LogP contribution in [0.15, 0.2) is 22.5 Å². The van der Waals surface area contributed by atoms with Crippen molar-refractivity contribution in [2.75, 3.05) is 5.32 Å². The number of carbonyl (C=O) groups is 1. The van der Waals surface area contributed by atoms with Crippen molar-refractivity contribution in [3.8, 4) is 0 Å². The minimum Gasteiger partial charge on any atom is -0.301 e. The molecule has 1 heterocycles. The maximum atomic E-state index is 12.4. The average Bonchev–Trinajstić information content (AvgIpc) is 2.95. The molecule has 130 valence electrons. The number of aryl methyl sites for hydroxylation is 2. The number of carbonyl (C=O) groups excluding carboxylic acids is 1. The van der Waals surface area contributed by atoms with Crippen LogP contribution < -0.4 is 10.0 Å². The van der Waals surface area contributed by atoms with Gasteiger partial charge in [-0.15, -0.1) is 10.2 Å². The van der Waals surface area contributed by atoms with Crippen molar-refractivity contribution < 1.29 is 13.2 Å². The molecular weight excluding hydrogens is 348 g/mol. The number of nitrogens with one attached hydrogen (secondary N) is 2. The molecule has 24 heavy (non-hydrogen) atoms. The van der Waals surface area contributed by atoms with Crippen molar-refractivity contribution >= 4 is 32.4 Å². The molecule has 0 aliphatic rings. The van der Waals surface area contributed by atoms with Gasteiger partial charge in [0.15, 0.2) is 0 Å². The molecule has 1 aromatic heterocycles. The SMILES string of the molecule is CCC(=O)Nc1nnc(S(=O)(=O)N[C@@H](C)c2ccc(C)cc2C)s1. The van der Waals surface area contributed by atoms with Gasteiger partial charge in [0.2, 0.25) is 15.4 Å². The molecule has 0 spiro atoms. The lowest BCUT2D eigenvalue weighted by molar-refractivity contribution is -0.115. The highest BCUT2D eigenvalue weighted by Crippen LogP contribution is 2.24. The number of aromatic nitrogens is 2. The molecule has 1 atom stereocenters. The van der Waals surface area contributed by atoms with Gasteiger partial charge in [0.1, 0.15) is 0 Å². The van der Waals surface area contributed by atoms with E-state index in [1.165, 1.54) is 0 Å². The molecular formula is C15H20N4O3S2. The maximum absolute atomic E-state index is 12.4. The van der Waals surface area contributed by atoms with Gasteiger partial charge in [0.25, 0.3) is 10.0 Å². The molecule has 2 aromatic rings. The first-order valence-electron chi connectivity index (χ1n) is 7.45. The molecule has 0 saturated heterocycles. The molecule has 1 amide bonds. The number of hydrogen-bond acceptors (Lipinski definition) is 6. The van der Waals surface area contributed by atoms with Crippen LogP contribution >= 0.6 is 11.3 Å². The second-order valence-corrected chi connectivity index (χ2v) is 8.34. The Kier molecular flexibility index (Phi) is 5.68. The van der Waals surface area contributed by atoms with E-state index in [1.54, 1.807) is 13.8 Å². The van der Waals surface area contributed by atoms with Crippen molar-refractivity contribution in [1.29, 1.82) is 0 Å². The molecule has 1 aromatic carbocycles. The molecule has 7 nitrogen and oxygen atoms in total. The number of amides is 1. The molecule has 0 fully saturated rings. The molecule has 0 aliphatic carbocycles. The topological polar surface area (TPSA) is 101 Å². The molecule has 0 saturated carbocycles. The number of rotatable bonds is 6. The van der Waals surface area contributed by atoms with Gasteiger partial charge in [0.05, 0.1) is 0 Å². The van der Waals surface area contributed by atoms with Crippen molar-refractivity contribution in [3.05, 3.63) is 34.9 Å². The molecule has 9 heteroatoms. The van der Waals surface area contributed by atoms with Crippen molar-refractivity contribution in [2.45, 2.75) is 44.5 Å². The summed E-state index contributed by atoms with van der Waals surface area (Å²) in [6.07, 6.45) is 0.281. The molecule has 0 unspecified atom stereocenters. The summed E-state index contributed by atoms with van der Waals surface area (Å²) in [5.74, 6) is -0.244. The number of anilines is 1. The van der Waals surface area contributed by atoms with Crippen LogP contribution in [0.3, 0.4) is 0 Å². The minimum absolute atomic E-state index is 0.168. The van der Waals surface area contributed by atoms with E-state index in [2.05, 4.69) is 20.2 Å². The first kappa shape index (κ1) is 18.5. The lowest BCUT2D eigenvalue weighted by Crippen LogP contribution is -2.27. The van der Waals surface area contributed by atoms with Crippen molar-refractivity contribution in [2.24, 2.45) is 0 Å². The van der Waals surface area contributed by atoms with Gasteiger partial charge in [-0.3, -0.25) is 4.79 Å². The van der Waals surface area contributed by atoms with E-state index in [1.807, 2.05) is 32.0 Å². The molecule has 2 N–H and O–H groups in total. The first-order chi connectivity index (χ1) is 11.2. The molecule has 0 radical (unpaired) electrons. The Bertz CT molecular complexity index is 846. The van der Waals surface area contributed by atoms with Crippen LogP contribution in [0.25, 0.3) is 0 Å². The number of nitrogens with zero attached hydrogens (tertiary/aromatic N) is 2. The summed E-state index contributed by atoms with van der Waals surface area (Å²) in [6.45, 7) is 7.40. The first-order valence-corrected chi connectivity index (χ1v) is 9.75. The van der Waals surface area contributed by atoms with E-state index in [4.69, 9.17) is 0 Å². The summed E-state index contributed by atoms with van der Waals surface area (Å²) >= 11 is 0.823. The Morgan fingerprint density at radius 1 is 1.29 bits per heavy atom. The highest BCUT2D eigenvalue weighted by Gasteiger charge is 2.24. The van der Waals surface area contributed by atoms with Gasteiger partial charge >= 0.3 is 0 Å². The average molecular weight is 368 g/mol. The molecule has 0 bridgehead atoms. The Hall–Kier alpha value is -1.84. The Balaban J connectivity index is 2.17. The number of hydrogen-bond donors (Lipinski definition) is 2. The van der Waals surface area contributed by atoms with Crippen LogP contribution in [-0.4, -0.2) is 24.5 Å². The third kappa shape index (κ3) is 4.37. The van der Waals surface area contributed by atoms with E-state index in [0.29, 0.717) is 0 Å². The monoisotopic (exact) mass is 368 g/mol. The lowest BCUT2D eigenvalue weighted by Gasteiger charge is -2.16. The van der Waals surface area contributed by atoms with Gasteiger partial charge in [-0.2, -0.15) is 0 Å². The van der Waals surface area contributed by atoms with Gasteiger partial charge in [-0.25, -0.2) is 13.1 Å². The summed E-state index contributed by atoms with van der Waals surface area (Å²) in [6, 6.07) is 5.44. The maximum Gasteiger partial charge on any atom is 0.270 e. The second-order valence-electron chi connectivity index (χ2n) is 5.48. The van der Waals surface area contributed by atoms with Gasteiger partial charge in [-0.1, -0.05) is 42.0 Å². The third-order valence-electron chi connectivity index (χ3n) is 3.43. The minimum atomic E-state index is -3.81. The predicted molar refractivity (Wildman–Crippen MR) is 93.5 cm³/mol. The quantitative estimate of drug-likeness (QED) is 0.763. The second kappa shape index (κ2) is 7.37. The fourth-order valence-corrected chi connectivity index (χ4v) is 4.39. The molecule has 2 rings (SSSR count). The van der Waals surface area contributed by atoms with Gasteiger partial charge in [-0.05, 0) is 31.9 Å². The predicted octanol–water partition coefficient (Wildman–Crippen LogP) is 2.54.